The minimum atomic E-state index is -4.97. The van der Waals surface area contributed by atoms with E-state index in [0.717, 1.165) is 19.3 Å². The average molecular weight is 418 g/mol. The molecule has 10 nitrogen and oxygen atoms in total. The molecule has 4 N–H and O–H groups in total. The van der Waals surface area contributed by atoms with Crippen molar-refractivity contribution in [2.75, 3.05) is 0 Å². The van der Waals surface area contributed by atoms with Crippen molar-refractivity contribution in [1.82, 2.24) is 0 Å². The van der Waals surface area contributed by atoms with E-state index in [1.165, 1.54) is 0 Å². The van der Waals surface area contributed by atoms with E-state index in [1.807, 2.05) is 0 Å². The third kappa shape index (κ3) is 15.9. The summed E-state index contributed by atoms with van der Waals surface area (Å²) in [4.78, 5) is 39.0. The topological polar surface area (TPSA) is 186 Å². The van der Waals surface area contributed by atoms with Gasteiger partial charge < -0.3 is 34.6 Å². The van der Waals surface area contributed by atoms with Crippen LogP contribution in [0.3, 0.4) is 0 Å². The van der Waals surface area contributed by atoms with Crippen molar-refractivity contribution in [3.8, 4) is 0 Å². The van der Waals surface area contributed by atoms with Crippen LogP contribution in [0.15, 0.2) is 10.3 Å². The van der Waals surface area contributed by atoms with Crippen LogP contribution in [-0.4, -0.2) is 31.1 Å². The molecule has 14 heteroatoms. The molecular weight excluding hydrogens is 396 g/mol. The van der Waals surface area contributed by atoms with Gasteiger partial charge in [-0.3, -0.25) is 4.57 Å². The first kappa shape index (κ1) is 31.0. The maximum absolute atomic E-state index is 10.9. The minimum absolute atomic E-state index is 0. The molecule has 0 radical (unpaired) electrons. The summed E-state index contributed by atoms with van der Waals surface area (Å²) in [6.45, 7) is 0. The van der Waals surface area contributed by atoms with Crippen LogP contribution in [0.2, 0.25) is 0 Å². The SMILES string of the molecule is O=P([O-])([O-])C(CCCCCCCCCC(=NO)P(=O)(O)O)=NO.[Na+].[Na+]. The molecule has 0 aromatic rings. The van der Waals surface area contributed by atoms with E-state index in [0.29, 0.717) is 25.7 Å². The van der Waals surface area contributed by atoms with Crippen LogP contribution in [0.5, 0.6) is 0 Å². The first-order valence-electron chi connectivity index (χ1n) is 7.13. The summed E-state index contributed by atoms with van der Waals surface area (Å²) >= 11 is 0. The van der Waals surface area contributed by atoms with Crippen LogP contribution in [-0.2, 0) is 9.13 Å². The number of oxime groups is 2. The van der Waals surface area contributed by atoms with Gasteiger partial charge in [-0.1, -0.05) is 42.4 Å². The molecule has 0 fully saturated rings. The Hall–Kier alpha value is 1.24. The number of rotatable bonds is 12. The zero-order valence-electron chi connectivity index (χ0n) is 14.6. The molecule has 0 aliphatic rings. The third-order valence-electron chi connectivity index (χ3n) is 3.18. The van der Waals surface area contributed by atoms with Crippen molar-refractivity contribution in [3.05, 3.63) is 0 Å². The van der Waals surface area contributed by atoms with E-state index in [-0.39, 0.29) is 72.0 Å². The largest absolute Gasteiger partial charge is 1.00 e. The fourth-order valence-corrected chi connectivity index (χ4v) is 3.05. The van der Waals surface area contributed by atoms with Crippen molar-refractivity contribution >= 4 is 26.1 Å². The van der Waals surface area contributed by atoms with Gasteiger partial charge in [0.25, 0.3) is 0 Å². The predicted octanol–water partition coefficient (Wildman–Crippen LogP) is -4.83. The first-order chi connectivity index (χ1) is 10.6. The number of unbranched alkanes of at least 4 members (excludes halogenated alkanes) is 6. The number of hydrogen-bond acceptors (Lipinski definition) is 8. The van der Waals surface area contributed by atoms with Crippen LogP contribution in [0.1, 0.15) is 57.8 Å². The van der Waals surface area contributed by atoms with E-state index in [9.17, 15) is 18.9 Å². The molecule has 0 atom stereocenters. The van der Waals surface area contributed by atoms with Crippen molar-refractivity contribution in [2.24, 2.45) is 10.3 Å². The van der Waals surface area contributed by atoms with Crippen LogP contribution < -0.4 is 68.9 Å². The Morgan fingerprint density at radius 3 is 1.32 bits per heavy atom. The minimum Gasteiger partial charge on any atom is -0.806 e. The maximum atomic E-state index is 10.9. The van der Waals surface area contributed by atoms with Gasteiger partial charge in [0.1, 0.15) is 0 Å². The van der Waals surface area contributed by atoms with Gasteiger partial charge in [0.05, 0.1) is 5.45 Å². The van der Waals surface area contributed by atoms with E-state index >= 15 is 0 Å². The van der Waals surface area contributed by atoms with E-state index in [4.69, 9.17) is 20.2 Å². The summed E-state index contributed by atoms with van der Waals surface area (Å²) in [7, 11) is -9.45. The Morgan fingerprint density at radius 1 is 0.720 bits per heavy atom. The van der Waals surface area contributed by atoms with Gasteiger partial charge in [0.2, 0.25) is 0 Å². The molecule has 0 unspecified atom stereocenters. The summed E-state index contributed by atoms with van der Waals surface area (Å²) in [5.41, 5.74) is -1.25. The Morgan fingerprint density at radius 2 is 1.04 bits per heavy atom. The van der Waals surface area contributed by atoms with Crippen molar-refractivity contribution in [3.63, 3.8) is 0 Å². The predicted molar refractivity (Wildman–Crippen MR) is 79.6 cm³/mol. The summed E-state index contributed by atoms with van der Waals surface area (Å²) in [6.07, 6.45) is 4.67. The van der Waals surface area contributed by atoms with Gasteiger partial charge in [0.15, 0.2) is 5.45 Å². The zero-order valence-corrected chi connectivity index (χ0v) is 20.4. The van der Waals surface area contributed by atoms with Crippen LogP contribution in [0.4, 0.5) is 0 Å². The zero-order chi connectivity index (χ0) is 17.9. The van der Waals surface area contributed by atoms with Gasteiger partial charge in [-0.2, -0.15) is 0 Å². The monoisotopic (exact) mass is 418 g/mol. The molecule has 0 spiro atoms. The Bertz CT molecular complexity index is 462. The van der Waals surface area contributed by atoms with Crippen LogP contribution in [0.25, 0.3) is 0 Å². The Balaban J connectivity index is -0.00000242. The fraction of sp³-hybridized carbons (Fsp3) is 0.818. The van der Waals surface area contributed by atoms with Gasteiger partial charge in [0, 0.05) is 6.42 Å². The molecule has 25 heavy (non-hydrogen) atoms. The molecule has 0 aliphatic heterocycles. The normalized spacial score (nSPS) is 13.1. The molecule has 0 bridgehead atoms. The number of nitrogens with zero attached hydrogens (tertiary/aromatic N) is 2. The molecule has 0 aromatic heterocycles. The average Bonchev–Trinajstić information content (AvgIpc) is 2.42. The van der Waals surface area contributed by atoms with Gasteiger partial charge >= 0.3 is 66.7 Å². The second-order valence-electron chi connectivity index (χ2n) is 5.05. The smallest absolute Gasteiger partial charge is 0.806 e. The van der Waals surface area contributed by atoms with Gasteiger partial charge in [-0.25, -0.2) is 0 Å². The molecule has 0 saturated heterocycles. The quantitative estimate of drug-likeness (QED) is 0.0607. The Kier molecular flexibility index (Phi) is 20.1. The summed E-state index contributed by atoms with van der Waals surface area (Å²) in [5.74, 6) is 0. The third-order valence-corrected chi connectivity index (χ3v) is 5.11. The maximum Gasteiger partial charge on any atom is 1.00 e. The molecule has 0 saturated carbocycles. The second-order valence-corrected chi connectivity index (χ2v) is 8.16. The fourth-order valence-electron chi connectivity index (χ4n) is 1.95. The van der Waals surface area contributed by atoms with Crippen molar-refractivity contribution in [1.29, 1.82) is 0 Å². The van der Waals surface area contributed by atoms with Crippen LogP contribution >= 0.6 is 15.2 Å². The van der Waals surface area contributed by atoms with E-state index in [1.54, 1.807) is 0 Å². The molecule has 0 amide bonds. The summed E-state index contributed by atoms with van der Waals surface area (Å²) < 4.78 is 21.5. The second kappa shape index (κ2) is 16.2. The molecule has 0 aliphatic carbocycles. The van der Waals surface area contributed by atoms with Gasteiger partial charge in [-0.05, 0) is 26.9 Å². The molecule has 0 rings (SSSR count). The summed E-state index contributed by atoms with van der Waals surface area (Å²) in [5, 5.41) is 22.0. The molecule has 136 valence electrons. The first-order valence-corrected chi connectivity index (χ1v) is 10.3. The van der Waals surface area contributed by atoms with E-state index in [2.05, 4.69) is 10.3 Å². The van der Waals surface area contributed by atoms with Crippen molar-refractivity contribution < 1.29 is 98.2 Å². The molecular formula is C11H22N2Na2O8P2. The standard InChI is InChI=1S/C11H24N2O8P2.2Na/c14-12-10(22(16,17)18)8-6-4-2-1-3-5-7-9-11(13-15)23(19,20)21;;/h14-15H,1-9H2,(H2,16,17,18)(H2,19,20,21);;/q;2*+1/p-2. The number of hydrogen-bond donors (Lipinski definition) is 4. The van der Waals surface area contributed by atoms with Gasteiger partial charge in [-0.15, -0.1) is 0 Å². The van der Waals surface area contributed by atoms with E-state index < -0.39 is 26.1 Å². The Labute approximate surface area is 191 Å². The summed E-state index contributed by atoms with van der Waals surface area (Å²) in [6, 6.07) is 0. The molecule has 0 heterocycles. The van der Waals surface area contributed by atoms with Crippen molar-refractivity contribution in [2.45, 2.75) is 57.8 Å². The molecule has 0 aromatic carbocycles. The van der Waals surface area contributed by atoms with Crippen LogP contribution in [0, 0.1) is 0 Å².